The summed E-state index contributed by atoms with van der Waals surface area (Å²) in [4.78, 5) is 2.33. The summed E-state index contributed by atoms with van der Waals surface area (Å²) in [6.07, 6.45) is 5.28. The number of hydrogen-bond donors (Lipinski definition) is 1. The van der Waals surface area contributed by atoms with Crippen molar-refractivity contribution >= 4 is 0 Å². The van der Waals surface area contributed by atoms with Gasteiger partial charge in [0.25, 0.3) is 0 Å². The first-order chi connectivity index (χ1) is 7.24. The Morgan fingerprint density at radius 1 is 1.40 bits per heavy atom. The molecular weight excluding hydrogens is 188 g/mol. The third-order valence-electron chi connectivity index (χ3n) is 2.47. The summed E-state index contributed by atoms with van der Waals surface area (Å²) >= 11 is 0. The Bertz CT molecular complexity index is 151. The quantitative estimate of drug-likeness (QED) is 0.562. The molecule has 2 N–H and O–H groups in total. The zero-order valence-electron chi connectivity index (χ0n) is 10.2. The molecule has 0 heterocycles. The molecule has 3 heteroatoms. The van der Waals surface area contributed by atoms with Gasteiger partial charge in [0.05, 0.1) is 6.61 Å². The van der Waals surface area contributed by atoms with Gasteiger partial charge in [-0.15, -0.1) is 6.58 Å². The van der Waals surface area contributed by atoms with Crippen molar-refractivity contribution < 1.29 is 4.74 Å². The first-order valence-corrected chi connectivity index (χ1v) is 5.82. The Kier molecular flexibility index (Phi) is 9.89. The van der Waals surface area contributed by atoms with E-state index in [0.29, 0.717) is 6.04 Å². The van der Waals surface area contributed by atoms with Crippen LogP contribution in [0.15, 0.2) is 12.7 Å². The molecular formula is C12H26N2O. The van der Waals surface area contributed by atoms with E-state index in [9.17, 15) is 0 Å². The van der Waals surface area contributed by atoms with E-state index in [4.69, 9.17) is 10.5 Å². The van der Waals surface area contributed by atoms with Gasteiger partial charge in [0.1, 0.15) is 0 Å². The number of rotatable bonds is 10. The van der Waals surface area contributed by atoms with Gasteiger partial charge >= 0.3 is 0 Å². The van der Waals surface area contributed by atoms with Gasteiger partial charge in [-0.25, -0.2) is 0 Å². The van der Waals surface area contributed by atoms with E-state index >= 15 is 0 Å². The van der Waals surface area contributed by atoms with Gasteiger partial charge < -0.3 is 10.5 Å². The van der Waals surface area contributed by atoms with Gasteiger partial charge in [-0.2, -0.15) is 0 Å². The van der Waals surface area contributed by atoms with Crippen LogP contribution in [-0.4, -0.2) is 44.3 Å². The molecule has 0 spiro atoms. The molecule has 0 aliphatic carbocycles. The fourth-order valence-corrected chi connectivity index (χ4v) is 1.56. The number of methoxy groups -OCH3 is 1. The van der Waals surface area contributed by atoms with E-state index in [0.717, 1.165) is 39.1 Å². The van der Waals surface area contributed by atoms with Crippen LogP contribution in [0.1, 0.15) is 26.2 Å². The molecule has 0 saturated heterocycles. The van der Waals surface area contributed by atoms with E-state index < -0.39 is 0 Å². The lowest BCUT2D eigenvalue weighted by molar-refractivity contribution is 0.152. The maximum atomic E-state index is 5.97. The summed E-state index contributed by atoms with van der Waals surface area (Å²) in [6.45, 7) is 9.62. The second-order valence-electron chi connectivity index (χ2n) is 3.92. The summed E-state index contributed by atoms with van der Waals surface area (Å²) in [7, 11) is 1.73. The van der Waals surface area contributed by atoms with Crippen LogP contribution in [0.3, 0.4) is 0 Å². The molecule has 0 aliphatic rings. The Labute approximate surface area is 94.3 Å². The van der Waals surface area contributed by atoms with Crippen LogP contribution < -0.4 is 5.73 Å². The third-order valence-corrected chi connectivity index (χ3v) is 2.47. The fraction of sp³-hybridized carbons (Fsp3) is 0.833. The Morgan fingerprint density at radius 3 is 2.67 bits per heavy atom. The molecule has 0 rings (SSSR count). The maximum absolute atomic E-state index is 5.97. The average Bonchev–Trinajstić information content (AvgIpc) is 2.22. The highest BCUT2D eigenvalue weighted by Gasteiger charge is 2.06. The first-order valence-electron chi connectivity index (χ1n) is 5.82. The lowest BCUT2D eigenvalue weighted by atomic mass is 10.1. The van der Waals surface area contributed by atoms with Crippen LogP contribution in [0.2, 0.25) is 0 Å². The predicted molar refractivity (Wildman–Crippen MR) is 66.0 cm³/mol. The topological polar surface area (TPSA) is 38.5 Å². The largest absolute Gasteiger partial charge is 0.383 e. The minimum Gasteiger partial charge on any atom is -0.383 e. The van der Waals surface area contributed by atoms with Crippen molar-refractivity contribution in [3.63, 3.8) is 0 Å². The van der Waals surface area contributed by atoms with Crippen LogP contribution in [0.25, 0.3) is 0 Å². The Balaban J connectivity index is 3.68. The minimum atomic E-state index is 0.338. The number of nitrogens with two attached hydrogens (primary N) is 1. The van der Waals surface area contributed by atoms with Gasteiger partial charge in [-0.1, -0.05) is 19.4 Å². The zero-order valence-corrected chi connectivity index (χ0v) is 10.2. The monoisotopic (exact) mass is 214 g/mol. The summed E-state index contributed by atoms with van der Waals surface area (Å²) in [5.41, 5.74) is 5.97. The molecule has 15 heavy (non-hydrogen) atoms. The molecule has 3 nitrogen and oxygen atoms in total. The van der Waals surface area contributed by atoms with Crippen LogP contribution in [0, 0.1) is 0 Å². The summed E-state index contributed by atoms with van der Waals surface area (Å²) in [6, 6.07) is 0.338. The molecule has 0 aromatic heterocycles. The molecule has 90 valence electrons. The lowest BCUT2D eigenvalue weighted by Gasteiger charge is -2.22. The van der Waals surface area contributed by atoms with E-state index in [1.165, 1.54) is 6.42 Å². The molecule has 0 aromatic carbocycles. The molecule has 0 saturated carbocycles. The van der Waals surface area contributed by atoms with Crippen molar-refractivity contribution in [2.75, 3.05) is 33.4 Å². The molecule has 0 aromatic rings. The summed E-state index contributed by atoms with van der Waals surface area (Å²) in [5.74, 6) is 0. The van der Waals surface area contributed by atoms with Crippen molar-refractivity contribution in [3.8, 4) is 0 Å². The number of nitrogens with zero attached hydrogens (tertiary/aromatic N) is 1. The van der Waals surface area contributed by atoms with Gasteiger partial charge in [0.15, 0.2) is 0 Å². The van der Waals surface area contributed by atoms with Crippen LogP contribution in [0.5, 0.6) is 0 Å². The van der Waals surface area contributed by atoms with Gasteiger partial charge in [-0.3, -0.25) is 4.90 Å². The lowest BCUT2D eigenvalue weighted by Crippen LogP contribution is -2.33. The average molecular weight is 214 g/mol. The van der Waals surface area contributed by atoms with E-state index in [1.54, 1.807) is 7.11 Å². The van der Waals surface area contributed by atoms with Gasteiger partial charge in [0, 0.05) is 32.8 Å². The van der Waals surface area contributed by atoms with E-state index in [1.807, 2.05) is 6.08 Å². The zero-order chi connectivity index (χ0) is 11.5. The Hall–Kier alpha value is -0.380. The van der Waals surface area contributed by atoms with Crippen molar-refractivity contribution in [2.45, 2.75) is 32.2 Å². The van der Waals surface area contributed by atoms with Gasteiger partial charge in [0.2, 0.25) is 0 Å². The highest BCUT2D eigenvalue weighted by atomic mass is 16.5. The molecule has 1 atom stereocenters. The number of ether oxygens (including phenoxy) is 1. The van der Waals surface area contributed by atoms with Crippen LogP contribution in [-0.2, 0) is 4.74 Å². The van der Waals surface area contributed by atoms with E-state index in [2.05, 4.69) is 18.4 Å². The second-order valence-corrected chi connectivity index (χ2v) is 3.92. The molecule has 0 amide bonds. The maximum Gasteiger partial charge on any atom is 0.0589 e. The molecule has 0 fully saturated rings. The SMILES string of the molecule is C=CCN(CCOC)CCC(N)CCC. The van der Waals surface area contributed by atoms with E-state index in [-0.39, 0.29) is 0 Å². The number of hydrogen-bond acceptors (Lipinski definition) is 3. The highest BCUT2D eigenvalue weighted by molar-refractivity contribution is 4.74. The first kappa shape index (κ1) is 14.6. The van der Waals surface area contributed by atoms with Crippen molar-refractivity contribution in [2.24, 2.45) is 5.73 Å². The third kappa shape index (κ3) is 8.60. The minimum absolute atomic E-state index is 0.338. The summed E-state index contributed by atoms with van der Waals surface area (Å²) in [5, 5.41) is 0. The van der Waals surface area contributed by atoms with Crippen molar-refractivity contribution in [1.82, 2.24) is 4.90 Å². The standard InChI is InChI=1S/C12H26N2O/c1-4-6-12(13)7-9-14(8-5-2)10-11-15-3/h5,12H,2,4,6-11,13H2,1,3H3. The van der Waals surface area contributed by atoms with Crippen LogP contribution >= 0.6 is 0 Å². The Morgan fingerprint density at radius 2 is 2.13 bits per heavy atom. The fourth-order valence-electron chi connectivity index (χ4n) is 1.56. The molecule has 0 aliphatic heterocycles. The highest BCUT2D eigenvalue weighted by Crippen LogP contribution is 2.01. The van der Waals surface area contributed by atoms with Crippen molar-refractivity contribution in [1.29, 1.82) is 0 Å². The molecule has 0 bridgehead atoms. The van der Waals surface area contributed by atoms with Crippen molar-refractivity contribution in [3.05, 3.63) is 12.7 Å². The smallest absolute Gasteiger partial charge is 0.0589 e. The molecule has 0 radical (unpaired) electrons. The summed E-state index contributed by atoms with van der Waals surface area (Å²) < 4.78 is 5.07. The molecule has 1 unspecified atom stereocenters. The normalized spacial score (nSPS) is 13.1. The van der Waals surface area contributed by atoms with Crippen LogP contribution in [0.4, 0.5) is 0 Å². The predicted octanol–water partition coefficient (Wildman–Crippen LogP) is 1.64. The van der Waals surface area contributed by atoms with Gasteiger partial charge in [-0.05, 0) is 12.8 Å². The second kappa shape index (κ2) is 10.1.